The van der Waals surface area contributed by atoms with Crippen molar-refractivity contribution in [3.8, 4) is 0 Å². The van der Waals surface area contributed by atoms with Crippen molar-refractivity contribution < 1.29 is 23.0 Å². The van der Waals surface area contributed by atoms with Crippen LogP contribution < -0.4 is 0 Å². The SMILES string of the molecule is C=CC1CCC(C2CCC(C3CCC(C4CCC(COC(=C)/C(F)=C(/F)C(=C)OC)CO4)CC3)CC2)CC1. The van der Waals surface area contributed by atoms with Crippen LogP contribution in [0.15, 0.2) is 49.0 Å². The average Bonchev–Trinajstić information content (AvgIpc) is 2.99. The second-order valence-corrected chi connectivity index (χ2v) is 12.6. The van der Waals surface area contributed by atoms with Gasteiger partial charge in [-0.1, -0.05) is 19.2 Å². The highest BCUT2D eigenvalue weighted by atomic mass is 19.2. The van der Waals surface area contributed by atoms with Gasteiger partial charge in [-0.15, -0.1) is 6.58 Å². The largest absolute Gasteiger partial charge is 0.494 e. The molecule has 214 valence electrons. The lowest BCUT2D eigenvalue weighted by Gasteiger charge is -2.42. The van der Waals surface area contributed by atoms with E-state index < -0.39 is 11.7 Å². The highest BCUT2D eigenvalue weighted by Crippen LogP contribution is 2.47. The summed E-state index contributed by atoms with van der Waals surface area (Å²) in [5, 5.41) is 0. The van der Waals surface area contributed by atoms with Crippen LogP contribution in [0.25, 0.3) is 0 Å². The predicted octanol–water partition coefficient (Wildman–Crippen LogP) is 9.23. The molecule has 0 aromatic heterocycles. The Balaban J connectivity index is 1.11. The van der Waals surface area contributed by atoms with Crippen molar-refractivity contribution >= 4 is 0 Å². The minimum Gasteiger partial charge on any atom is -0.494 e. The molecule has 4 fully saturated rings. The molecule has 1 aliphatic heterocycles. The number of hydrogen-bond donors (Lipinski definition) is 0. The van der Waals surface area contributed by atoms with Crippen LogP contribution in [0.4, 0.5) is 8.78 Å². The van der Waals surface area contributed by atoms with Crippen molar-refractivity contribution in [3.05, 3.63) is 49.0 Å². The number of ether oxygens (including phenoxy) is 3. The van der Waals surface area contributed by atoms with Gasteiger partial charge in [-0.25, -0.2) is 0 Å². The molecule has 0 aromatic carbocycles. The Kier molecular flexibility index (Phi) is 10.9. The first-order valence-electron chi connectivity index (χ1n) is 15.2. The van der Waals surface area contributed by atoms with E-state index in [2.05, 4.69) is 30.5 Å². The van der Waals surface area contributed by atoms with Gasteiger partial charge in [-0.3, -0.25) is 0 Å². The van der Waals surface area contributed by atoms with Crippen LogP contribution in [0.2, 0.25) is 0 Å². The Morgan fingerprint density at radius 1 is 0.711 bits per heavy atom. The molecular weight excluding hydrogens is 482 g/mol. The van der Waals surface area contributed by atoms with Crippen molar-refractivity contribution in [2.75, 3.05) is 20.3 Å². The highest BCUT2D eigenvalue weighted by molar-refractivity contribution is 5.29. The standard InChI is InChI=1S/C33H50F2O3/c1-5-24-6-9-26(10-7-24)27-11-13-28(14-12-27)29-15-17-30(18-16-29)31-19-8-25(21-38-31)20-37-23(3)33(35)32(34)22(2)36-4/h5,24-31H,1-3,6-21H2,4H3/b33-32-. The summed E-state index contributed by atoms with van der Waals surface area (Å²) < 4.78 is 44.3. The molecule has 1 heterocycles. The van der Waals surface area contributed by atoms with Crippen LogP contribution in [-0.2, 0) is 14.2 Å². The summed E-state index contributed by atoms with van der Waals surface area (Å²) in [6.45, 7) is 11.7. The van der Waals surface area contributed by atoms with Crippen molar-refractivity contribution in [2.45, 2.75) is 96.0 Å². The molecule has 5 heteroatoms. The van der Waals surface area contributed by atoms with Crippen LogP contribution in [0.1, 0.15) is 89.9 Å². The Hall–Kier alpha value is -1.62. The second kappa shape index (κ2) is 14.1. The molecule has 2 atom stereocenters. The second-order valence-electron chi connectivity index (χ2n) is 12.6. The summed E-state index contributed by atoms with van der Waals surface area (Å²) in [4.78, 5) is 0. The molecule has 1 saturated heterocycles. The molecule has 0 aromatic rings. The summed E-state index contributed by atoms with van der Waals surface area (Å²) in [6.07, 6.45) is 21.2. The van der Waals surface area contributed by atoms with Gasteiger partial charge < -0.3 is 14.2 Å². The number of allylic oxidation sites excluding steroid dienone is 3. The van der Waals surface area contributed by atoms with E-state index in [-0.39, 0.29) is 24.0 Å². The Labute approximate surface area is 229 Å². The molecule has 4 rings (SSSR count). The topological polar surface area (TPSA) is 27.7 Å². The summed E-state index contributed by atoms with van der Waals surface area (Å²) >= 11 is 0. The van der Waals surface area contributed by atoms with Gasteiger partial charge in [0.25, 0.3) is 0 Å². The van der Waals surface area contributed by atoms with Crippen molar-refractivity contribution in [1.29, 1.82) is 0 Å². The normalized spacial score (nSPS) is 37.0. The lowest BCUT2D eigenvalue weighted by molar-refractivity contribution is -0.0716. The maximum atomic E-state index is 14.1. The third-order valence-corrected chi connectivity index (χ3v) is 10.5. The van der Waals surface area contributed by atoms with E-state index in [1.54, 1.807) is 0 Å². The zero-order valence-corrected chi connectivity index (χ0v) is 23.6. The van der Waals surface area contributed by atoms with Crippen LogP contribution in [0, 0.1) is 41.4 Å². The van der Waals surface area contributed by atoms with Crippen LogP contribution in [-0.4, -0.2) is 26.4 Å². The van der Waals surface area contributed by atoms with Gasteiger partial charge in [-0.05, 0) is 125 Å². The van der Waals surface area contributed by atoms with Crippen LogP contribution in [0.5, 0.6) is 0 Å². The number of hydrogen-bond acceptors (Lipinski definition) is 3. The number of methoxy groups -OCH3 is 1. The van der Waals surface area contributed by atoms with Gasteiger partial charge in [0.15, 0.2) is 11.5 Å². The number of rotatable bonds is 10. The van der Waals surface area contributed by atoms with E-state index in [1.807, 2.05) is 0 Å². The molecule has 3 aliphatic carbocycles. The summed E-state index contributed by atoms with van der Waals surface area (Å²) in [6, 6.07) is 0. The Morgan fingerprint density at radius 3 is 1.63 bits per heavy atom. The van der Waals surface area contributed by atoms with Crippen molar-refractivity contribution in [1.82, 2.24) is 0 Å². The van der Waals surface area contributed by atoms with Gasteiger partial charge in [-0.2, -0.15) is 8.78 Å². The lowest BCUT2D eigenvalue weighted by atomic mass is 9.64. The first-order chi connectivity index (χ1) is 18.4. The molecule has 0 bridgehead atoms. The van der Waals surface area contributed by atoms with Crippen LogP contribution >= 0.6 is 0 Å². The fraction of sp³-hybridized carbons (Fsp3) is 0.758. The Bertz CT molecular complexity index is 819. The van der Waals surface area contributed by atoms with Gasteiger partial charge in [0.05, 0.1) is 26.4 Å². The lowest BCUT2D eigenvalue weighted by Crippen LogP contribution is -2.36. The van der Waals surface area contributed by atoms with E-state index in [4.69, 9.17) is 9.47 Å². The molecule has 0 N–H and O–H groups in total. The summed E-state index contributed by atoms with van der Waals surface area (Å²) in [7, 11) is 1.24. The van der Waals surface area contributed by atoms with Crippen molar-refractivity contribution in [2.24, 2.45) is 41.4 Å². The third-order valence-electron chi connectivity index (χ3n) is 10.5. The molecule has 2 unspecified atom stereocenters. The third kappa shape index (κ3) is 7.52. The summed E-state index contributed by atoms with van der Waals surface area (Å²) in [5.41, 5.74) is 0. The molecule has 4 aliphatic rings. The van der Waals surface area contributed by atoms with E-state index in [9.17, 15) is 8.78 Å². The van der Waals surface area contributed by atoms with E-state index in [0.29, 0.717) is 18.6 Å². The molecule has 0 radical (unpaired) electrons. The predicted molar refractivity (Wildman–Crippen MR) is 149 cm³/mol. The quantitative estimate of drug-likeness (QED) is 0.159. The van der Waals surface area contributed by atoms with Crippen LogP contribution in [0.3, 0.4) is 0 Å². The molecular formula is C33H50F2O3. The van der Waals surface area contributed by atoms with E-state index >= 15 is 0 Å². The number of halogens is 2. The highest BCUT2D eigenvalue weighted by Gasteiger charge is 2.37. The summed E-state index contributed by atoms with van der Waals surface area (Å²) in [5.74, 6) is 2.39. The van der Waals surface area contributed by atoms with E-state index in [0.717, 1.165) is 42.4 Å². The Morgan fingerprint density at radius 2 is 1.18 bits per heavy atom. The molecule has 3 saturated carbocycles. The molecule has 0 amide bonds. The van der Waals surface area contributed by atoms with Gasteiger partial charge in [0.1, 0.15) is 0 Å². The zero-order valence-electron chi connectivity index (χ0n) is 23.6. The van der Waals surface area contributed by atoms with Gasteiger partial charge in [0.2, 0.25) is 11.7 Å². The van der Waals surface area contributed by atoms with Gasteiger partial charge in [0, 0.05) is 5.92 Å². The first-order valence-corrected chi connectivity index (χ1v) is 15.2. The molecule has 38 heavy (non-hydrogen) atoms. The molecule has 0 spiro atoms. The van der Waals surface area contributed by atoms with Gasteiger partial charge >= 0.3 is 0 Å². The monoisotopic (exact) mass is 532 g/mol. The minimum atomic E-state index is -1.17. The first kappa shape index (κ1) is 29.4. The fourth-order valence-electron chi connectivity index (χ4n) is 7.87. The smallest absolute Gasteiger partial charge is 0.203 e. The van der Waals surface area contributed by atoms with Crippen molar-refractivity contribution in [3.63, 3.8) is 0 Å². The molecule has 3 nitrogen and oxygen atoms in total. The maximum Gasteiger partial charge on any atom is 0.203 e. The maximum absolute atomic E-state index is 14.1. The van der Waals surface area contributed by atoms with E-state index in [1.165, 1.54) is 84.2 Å². The minimum absolute atomic E-state index is 0.169. The fourth-order valence-corrected chi connectivity index (χ4v) is 7.87. The average molecular weight is 533 g/mol. The zero-order chi connectivity index (χ0) is 27.1.